The molecule has 2 aromatic carbocycles. The van der Waals surface area contributed by atoms with E-state index in [4.69, 9.17) is 16.6 Å². The van der Waals surface area contributed by atoms with Crippen molar-refractivity contribution in [1.82, 2.24) is 30.3 Å². The average molecular weight is 805 g/mol. The minimum Gasteiger partial charge on any atom is -0.346 e. The summed E-state index contributed by atoms with van der Waals surface area (Å²) in [6, 6.07) is 7.35. The number of hydrogen-bond acceptors (Lipinski definition) is 7. The zero-order valence-electron chi connectivity index (χ0n) is 28.6. The molecule has 0 radical (unpaired) electrons. The van der Waals surface area contributed by atoms with Crippen molar-refractivity contribution in [2.24, 2.45) is 5.92 Å². The molecule has 0 saturated heterocycles. The number of aromatic nitrogens is 5. The molecule has 3 heterocycles. The molecule has 0 aliphatic heterocycles. The van der Waals surface area contributed by atoms with Crippen LogP contribution in [0.3, 0.4) is 0 Å². The van der Waals surface area contributed by atoms with Gasteiger partial charge in [-0.1, -0.05) is 30.5 Å². The van der Waals surface area contributed by atoms with Crippen LogP contribution in [-0.4, -0.2) is 56.1 Å². The molecule has 8 rings (SSSR count). The Morgan fingerprint density at radius 3 is 2.47 bits per heavy atom. The van der Waals surface area contributed by atoms with Gasteiger partial charge in [0.2, 0.25) is 5.91 Å². The van der Waals surface area contributed by atoms with Gasteiger partial charge in [0, 0.05) is 28.7 Å². The van der Waals surface area contributed by atoms with E-state index in [1.807, 2.05) is 0 Å². The van der Waals surface area contributed by atoms with Crippen LogP contribution >= 0.6 is 11.6 Å². The lowest BCUT2D eigenvalue weighted by Gasteiger charge is -2.23. The van der Waals surface area contributed by atoms with Crippen molar-refractivity contribution in [1.29, 1.82) is 0 Å². The fourth-order valence-electron chi connectivity index (χ4n) is 8.06. The van der Waals surface area contributed by atoms with E-state index in [-0.39, 0.29) is 45.8 Å². The summed E-state index contributed by atoms with van der Waals surface area (Å²) in [5.74, 6) is -9.71. The Labute approximate surface area is 314 Å². The number of halogens is 7. The number of rotatable bonds is 12. The average Bonchev–Trinajstić information content (AvgIpc) is 3.46. The first-order valence-corrected chi connectivity index (χ1v) is 19.6. The fourth-order valence-corrected chi connectivity index (χ4v) is 10.1. The number of aromatic amines is 1. The van der Waals surface area contributed by atoms with E-state index in [0.29, 0.717) is 40.2 Å². The lowest BCUT2D eigenvalue weighted by atomic mass is 9.93. The highest BCUT2D eigenvalue weighted by Crippen LogP contribution is 2.68. The number of pyridine rings is 1. The number of nitrogens with zero attached hydrogens (tertiary/aromatic N) is 4. The Balaban J connectivity index is 1.18. The number of carbonyl (C=O) groups excluding carboxylic acids is 2. The van der Waals surface area contributed by atoms with E-state index in [0.717, 1.165) is 25.0 Å². The van der Waals surface area contributed by atoms with Crippen molar-refractivity contribution >= 4 is 44.2 Å². The number of amides is 1. The number of Topliss-reactive ketones (excluding diaryl/α,β-unsaturated/α-hetero) is 1. The molecule has 288 valence electrons. The second kappa shape index (κ2) is 13.8. The van der Waals surface area contributed by atoms with Crippen molar-refractivity contribution in [2.75, 3.05) is 5.75 Å². The SMILES string of the molecule is O=C(Cn1nc(C(F)F)c2c1C(F)(F)C1C[C@H]21)NC(Cc1cc(F)cc(F)c1)c1nc2cn[nH]c2cc1-c1ccc(Cl)c(C(=O)CS(=O)(=O)C2CCCC2)c1. The summed E-state index contributed by atoms with van der Waals surface area (Å²) in [4.78, 5) is 32.0. The van der Waals surface area contributed by atoms with E-state index in [1.54, 1.807) is 6.07 Å². The summed E-state index contributed by atoms with van der Waals surface area (Å²) in [6.45, 7) is -0.892. The summed E-state index contributed by atoms with van der Waals surface area (Å²) < 4.78 is 114. The van der Waals surface area contributed by atoms with Crippen LogP contribution in [0, 0.1) is 17.6 Å². The number of nitrogens with one attached hydrogen (secondary N) is 2. The highest BCUT2D eigenvalue weighted by Gasteiger charge is 2.67. The van der Waals surface area contributed by atoms with Crippen LogP contribution in [0.5, 0.6) is 0 Å². The second-order valence-corrected chi connectivity index (χ2v) is 17.0. The molecule has 2 saturated carbocycles. The zero-order valence-corrected chi connectivity index (χ0v) is 30.2. The fraction of sp³-hybridized carbons (Fsp3) is 0.378. The number of sulfone groups is 1. The number of fused-ring (bicyclic) bond motifs is 4. The van der Waals surface area contributed by atoms with E-state index >= 15 is 8.78 Å². The Kier molecular flexibility index (Phi) is 9.30. The van der Waals surface area contributed by atoms with Gasteiger partial charge in [-0.05, 0) is 73.1 Å². The number of benzene rings is 2. The van der Waals surface area contributed by atoms with Gasteiger partial charge in [0.05, 0.1) is 33.7 Å². The van der Waals surface area contributed by atoms with Crippen molar-refractivity contribution in [3.05, 3.63) is 99.1 Å². The summed E-state index contributed by atoms with van der Waals surface area (Å²) in [5, 5.41) is 12.6. The van der Waals surface area contributed by atoms with Gasteiger partial charge in [-0.25, -0.2) is 31.0 Å². The number of hydrogen-bond donors (Lipinski definition) is 2. The van der Waals surface area contributed by atoms with E-state index in [2.05, 4.69) is 20.6 Å². The maximum atomic E-state index is 15.3. The van der Waals surface area contributed by atoms with Gasteiger partial charge in [0.15, 0.2) is 15.6 Å². The van der Waals surface area contributed by atoms with Crippen molar-refractivity contribution in [2.45, 2.75) is 74.6 Å². The maximum Gasteiger partial charge on any atom is 0.293 e. The van der Waals surface area contributed by atoms with Gasteiger partial charge in [0.25, 0.3) is 12.3 Å². The maximum absolute atomic E-state index is 15.3. The highest BCUT2D eigenvalue weighted by atomic mass is 35.5. The molecule has 2 fully saturated rings. The Bertz CT molecular complexity index is 2460. The summed E-state index contributed by atoms with van der Waals surface area (Å²) in [6.07, 6.45) is 0.362. The summed E-state index contributed by atoms with van der Waals surface area (Å²) in [5.41, 5.74) is -0.493. The lowest BCUT2D eigenvalue weighted by molar-refractivity contribution is -0.123. The molecule has 3 atom stereocenters. The molecule has 18 heteroatoms. The first-order valence-electron chi connectivity index (χ1n) is 17.5. The first-order chi connectivity index (χ1) is 26.1. The lowest BCUT2D eigenvalue weighted by Crippen LogP contribution is -2.35. The van der Waals surface area contributed by atoms with Crippen LogP contribution in [0.25, 0.3) is 22.2 Å². The van der Waals surface area contributed by atoms with Crippen LogP contribution in [0.2, 0.25) is 5.02 Å². The van der Waals surface area contributed by atoms with Crippen molar-refractivity contribution in [3.8, 4) is 11.1 Å². The van der Waals surface area contributed by atoms with E-state index in [1.165, 1.54) is 24.4 Å². The second-order valence-electron chi connectivity index (χ2n) is 14.3. The van der Waals surface area contributed by atoms with Gasteiger partial charge in [-0.3, -0.25) is 19.4 Å². The zero-order chi connectivity index (χ0) is 39.0. The predicted molar refractivity (Wildman–Crippen MR) is 188 cm³/mol. The van der Waals surface area contributed by atoms with Gasteiger partial charge >= 0.3 is 0 Å². The third-order valence-corrected chi connectivity index (χ3v) is 13.1. The third kappa shape index (κ3) is 6.89. The number of alkyl halides is 4. The molecule has 10 nitrogen and oxygen atoms in total. The van der Waals surface area contributed by atoms with E-state index < -0.39 is 92.3 Å². The van der Waals surface area contributed by atoms with Gasteiger partial charge in [-0.2, -0.15) is 19.0 Å². The van der Waals surface area contributed by atoms with Crippen LogP contribution in [-0.2, 0) is 33.5 Å². The van der Waals surface area contributed by atoms with Gasteiger partial charge in [-0.15, -0.1) is 0 Å². The molecule has 3 aliphatic carbocycles. The Hall–Kier alpha value is -4.77. The molecule has 3 aliphatic rings. The number of carbonyl (C=O) groups is 2. The first kappa shape index (κ1) is 37.2. The Morgan fingerprint density at radius 2 is 1.76 bits per heavy atom. The third-order valence-electron chi connectivity index (χ3n) is 10.7. The molecule has 2 N–H and O–H groups in total. The molecule has 1 amide bonds. The highest BCUT2D eigenvalue weighted by molar-refractivity contribution is 7.92. The molecule has 2 unspecified atom stereocenters. The standard InChI is InChI=1S/C37H31ClF6N6O4S/c38-26-6-5-18(10-24(26)30(51)16-55(53,54)21-3-1-2-4-21)22-13-27-29(14-45-48-27)47-33(22)28(9-17-7-19(39)11-20(40)8-17)46-31(52)15-50-35-32(34(49-50)36(41)42)23-12-25(23)37(35,43)44/h5-8,10-11,13-14,21,23,25,28,36H,1-4,9,12,15-16H2,(H,45,48)(H,46,52)/t23-,25?,28?/m0/s1. The van der Waals surface area contributed by atoms with Crippen LogP contribution < -0.4 is 5.32 Å². The number of H-pyrrole nitrogens is 1. The molecule has 0 spiro atoms. The quantitative estimate of drug-likeness (QED) is 0.0982. The van der Waals surface area contributed by atoms with E-state index in [9.17, 15) is 35.6 Å². The van der Waals surface area contributed by atoms with Gasteiger partial charge < -0.3 is 5.32 Å². The monoisotopic (exact) mass is 804 g/mol. The van der Waals surface area contributed by atoms with Crippen LogP contribution in [0.15, 0.2) is 48.7 Å². The van der Waals surface area contributed by atoms with Gasteiger partial charge in [0.1, 0.15) is 40.8 Å². The minimum absolute atomic E-state index is 0.0167. The summed E-state index contributed by atoms with van der Waals surface area (Å²) in [7, 11) is -3.78. The minimum atomic E-state index is -3.78. The molecule has 55 heavy (non-hydrogen) atoms. The Morgan fingerprint density at radius 1 is 1.04 bits per heavy atom. The van der Waals surface area contributed by atoms with Crippen molar-refractivity contribution in [3.63, 3.8) is 0 Å². The normalized spacial score (nSPS) is 19.5. The van der Waals surface area contributed by atoms with Crippen molar-refractivity contribution < 1.29 is 44.3 Å². The molecular formula is C37H31ClF6N6O4S. The topological polar surface area (TPSA) is 140 Å². The summed E-state index contributed by atoms with van der Waals surface area (Å²) >= 11 is 6.44. The molecule has 3 aromatic heterocycles. The number of ketones is 1. The molecular weight excluding hydrogens is 774 g/mol. The predicted octanol–water partition coefficient (Wildman–Crippen LogP) is 7.54. The largest absolute Gasteiger partial charge is 0.346 e. The van der Waals surface area contributed by atoms with Crippen LogP contribution in [0.4, 0.5) is 26.3 Å². The smallest absolute Gasteiger partial charge is 0.293 e. The molecule has 0 bridgehead atoms. The molecule has 5 aromatic rings. The van der Waals surface area contributed by atoms with Crippen LogP contribution in [0.1, 0.15) is 89.1 Å².